The van der Waals surface area contributed by atoms with Gasteiger partial charge in [0.25, 0.3) is 0 Å². The van der Waals surface area contributed by atoms with Crippen molar-refractivity contribution in [1.82, 2.24) is 10.3 Å². The molecule has 2 saturated heterocycles. The molecule has 154 valence electrons. The highest BCUT2D eigenvalue weighted by Gasteiger charge is 2.23. The predicted octanol–water partition coefficient (Wildman–Crippen LogP) is 3.79. The van der Waals surface area contributed by atoms with E-state index in [4.69, 9.17) is 16.3 Å². The van der Waals surface area contributed by atoms with E-state index in [0.717, 1.165) is 62.4 Å². The van der Waals surface area contributed by atoms with Gasteiger partial charge < -0.3 is 20.7 Å². The summed E-state index contributed by atoms with van der Waals surface area (Å²) in [6, 6.07) is 10.0. The summed E-state index contributed by atoms with van der Waals surface area (Å²) in [4.78, 5) is 16.7. The van der Waals surface area contributed by atoms with Crippen LogP contribution in [0.2, 0.25) is 5.02 Å². The van der Waals surface area contributed by atoms with Crippen molar-refractivity contribution in [3.63, 3.8) is 0 Å². The number of pyridine rings is 1. The average Bonchev–Trinajstić information content (AvgIpc) is 3.30. The van der Waals surface area contributed by atoms with Crippen molar-refractivity contribution in [1.29, 1.82) is 0 Å². The first kappa shape index (κ1) is 20.1. The van der Waals surface area contributed by atoms with Crippen molar-refractivity contribution in [3.05, 3.63) is 41.6 Å². The molecule has 7 heteroatoms. The van der Waals surface area contributed by atoms with E-state index >= 15 is 0 Å². The van der Waals surface area contributed by atoms with Crippen LogP contribution in [-0.4, -0.2) is 43.7 Å². The molecule has 2 aromatic rings. The van der Waals surface area contributed by atoms with Crippen LogP contribution in [0.4, 0.5) is 11.5 Å². The number of anilines is 2. The van der Waals surface area contributed by atoms with Gasteiger partial charge in [0.05, 0.1) is 10.9 Å². The summed E-state index contributed by atoms with van der Waals surface area (Å²) >= 11 is 6.43. The third kappa shape index (κ3) is 5.26. The quantitative estimate of drug-likeness (QED) is 0.670. The Labute approximate surface area is 176 Å². The van der Waals surface area contributed by atoms with E-state index in [1.807, 2.05) is 18.2 Å². The third-order valence-electron chi connectivity index (χ3n) is 5.65. The maximum absolute atomic E-state index is 12.4. The summed E-state index contributed by atoms with van der Waals surface area (Å²) in [7, 11) is 0. The van der Waals surface area contributed by atoms with E-state index in [0.29, 0.717) is 23.3 Å². The summed E-state index contributed by atoms with van der Waals surface area (Å²) in [5.74, 6) is 1.17. The van der Waals surface area contributed by atoms with Crippen molar-refractivity contribution in [2.24, 2.45) is 11.8 Å². The van der Waals surface area contributed by atoms with Crippen molar-refractivity contribution >= 4 is 29.0 Å². The normalized spacial score (nSPS) is 19.8. The van der Waals surface area contributed by atoms with Gasteiger partial charge in [0.1, 0.15) is 5.82 Å². The molecule has 6 nitrogen and oxygen atoms in total. The second-order valence-corrected chi connectivity index (χ2v) is 8.15. The molecule has 29 heavy (non-hydrogen) atoms. The van der Waals surface area contributed by atoms with Crippen molar-refractivity contribution in [2.45, 2.75) is 19.3 Å². The molecule has 1 atom stereocenters. The lowest BCUT2D eigenvalue weighted by atomic mass is 10.00. The van der Waals surface area contributed by atoms with Crippen LogP contribution in [0, 0.1) is 11.8 Å². The summed E-state index contributed by atoms with van der Waals surface area (Å²) < 4.78 is 5.43. The van der Waals surface area contributed by atoms with Gasteiger partial charge in [0, 0.05) is 43.8 Å². The van der Waals surface area contributed by atoms with E-state index in [1.54, 1.807) is 6.20 Å². The summed E-state index contributed by atoms with van der Waals surface area (Å²) in [5, 5.41) is 10.2. The summed E-state index contributed by atoms with van der Waals surface area (Å²) in [6.07, 6.45) is 4.65. The molecule has 2 aliphatic rings. The second kappa shape index (κ2) is 9.57. The Hall–Kier alpha value is -2.15. The number of carbonyl (C=O) groups is 1. The molecular weight excluding hydrogens is 388 g/mol. The monoisotopic (exact) mass is 414 g/mol. The first-order chi connectivity index (χ1) is 14.2. The first-order valence-electron chi connectivity index (χ1n) is 10.3. The van der Waals surface area contributed by atoms with Gasteiger partial charge in [-0.25, -0.2) is 4.98 Å². The highest BCUT2D eigenvalue weighted by molar-refractivity contribution is 6.33. The summed E-state index contributed by atoms with van der Waals surface area (Å²) in [6.45, 7) is 4.24. The van der Waals surface area contributed by atoms with E-state index in [-0.39, 0.29) is 11.8 Å². The van der Waals surface area contributed by atoms with Crippen LogP contribution < -0.4 is 16.0 Å². The molecule has 1 aromatic heterocycles. The van der Waals surface area contributed by atoms with Gasteiger partial charge in [-0.05, 0) is 55.5 Å². The Kier molecular flexibility index (Phi) is 6.64. The molecule has 0 radical (unpaired) electrons. The Morgan fingerprint density at radius 1 is 1.24 bits per heavy atom. The van der Waals surface area contributed by atoms with Crippen LogP contribution in [0.3, 0.4) is 0 Å². The molecule has 3 N–H and O–H groups in total. The van der Waals surface area contributed by atoms with Crippen molar-refractivity contribution in [3.8, 4) is 11.1 Å². The number of hydrogen-bond acceptors (Lipinski definition) is 5. The van der Waals surface area contributed by atoms with Gasteiger partial charge in [-0.15, -0.1) is 0 Å². The van der Waals surface area contributed by atoms with Gasteiger partial charge in [0.15, 0.2) is 0 Å². The third-order valence-corrected chi connectivity index (χ3v) is 5.95. The topological polar surface area (TPSA) is 75.3 Å². The van der Waals surface area contributed by atoms with Crippen molar-refractivity contribution in [2.75, 3.05) is 43.5 Å². The highest BCUT2D eigenvalue weighted by atomic mass is 35.5. The number of ether oxygens (including phenoxy) is 1. The molecule has 0 aliphatic carbocycles. The standard InChI is InChI=1S/C22H27ClN4O2/c23-20-14-26-21(27-22(28)17-4-7-24-13-17)11-19(20)16-2-1-3-18(10-16)25-12-15-5-8-29-9-6-15/h1-3,10-11,14-15,17,24-25H,4-9,12-13H2,(H,26,27,28)/t17-/m0/s1. The van der Waals surface area contributed by atoms with Crippen LogP contribution in [0.25, 0.3) is 11.1 Å². The van der Waals surface area contributed by atoms with Gasteiger partial charge in [-0.1, -0.05) is 23.7 Å². The Balaban J connectivity index is 1.46. The lowest BCUT2D eigenvalue weighted by Crippen LogP contribution is -2.25. The SMILES string of the molecule is O=C(Nc1cc(-c2cccc(NCC3CCOCC3)c2)c(Cl)cn1)[C@H]1CCNC1. The van der Waals surface area contributed by atoms with Crippen LogP contribution in [0.15, 0.2) is 36.5 Å². The molecule has 2 aliphatic heterocycles. The molecule has 0 spiro atoms. The number of aromatic nitrogens is 1. The number of benzene rings is 1. The predicted molar refractivity (Wildman–Crippen MR) is 116 cm³/mol. The van der Waals surface area contributed by atoms with Crippen LogP contribution in [-0.2, 0) is 9.53 Å². The van der Waals surface area contributed by atoms with Crippen molar-refractivity contribution < 1.29 is 9.53 Å². The lowest BCUT2D eigenvalue weighted by Gasteiger charge is -2.22. The minimum Gasteiger partial charge on any atom is -0.385 e. The number of nitrogens with one attached hydrogen (secondary N) is 3. The lowest BCUT2D eigenvalue weighted by molar-refractivity contribution is -0.119. The molecule has 3 heterocycles. The minimum atomic E-state index is -0.00589. The fourth-order valence-electron chi connectivity index (χ4n) is 3.84. The fraction of sp³-hybridized carbons (Fsp3) is 0.455. The maximum atomic E-state index is 12.4. The Morgan fingerprint density at radius 2 is 2.10 bits per heavy atom. The number of rotatable bonds is 6. The van der Waals surface area contributed by atoms with Gasteiger partial charge >= 0.3 is 0 Å². The number of nitrogens with zero attached hydrogens (tertiary/aromatic N) is 1. The van der Waals surface area contributed by atoms with E-state index in [9.17, 15) is 4.79 Å². The molecule has 1 aromatic carbocycles. The Bertz CT molecular complexity index is 848. The molecule has 0 saturated carbocycles. The number of halogens is 1. The fourth-order valence-corrected chi connectivity index (χ4v) is 4.06. The van der Waals surface area contributed by atoms with Crippen LogP contribution >= 0.6 is 11.6 Å². The minimum absolute atomic E-state index is 0.00245. The van der Waals surface area contributed by atoms with E-state index in [1.165, 1.54) is 0 Å². The van der Waals surface area contributed by atoms with Crippen LogP contribution in [0.5, 0.6) is 0 Å². The average molecular weight is 415 g/mol. The number of carbonyl (C=O) groups excluding carboxylic acids is 1. The zero-order valence-corrected chi connectivity index (χ0v) is 17.2. The maximum Gasteiger partial charge on any atom is 0.229 e. The zero-order chi connectivity index (χ0) is 20.1. The molecule has 1 amide bonds. The van der Waals surface area contributed by atoms with E-state index in [2.05, 4.69) is 33.1 Å². The largest absolute Gasteiger partial charge is 0.385 e. The highest BCUT2D eigenvalue weighted by Crippen LogP contribution is 2.31. The molecule has 4 rings (SSSR count). The number of amides is 1. The van der Waals surface area contributed by atoms with Crippen LogP contribution in [0.1, 0.15) is 19.3 Å². The first-order valence-corrected chi connectivity index (χ1v) is 10.7. The van der Waals surface area contributed by atoms with Gasteiger partial charge in [-0.2, -0.15) is 0 Å². The smallest absolute Gasteiger partial charge is 0.229 e. The van der Waals surface area contributed by atoms with Gasteiger partial charge in [0.2, 0.25) is 5.91 Å². The zero-order valence-electron chi connectivity index (χ0n) is 16.4. The molecular formula is C22H27ClN4O2. The number of hydrogen-bond donors (Lipinski definition) is 3. The van der Waals surface area contributed by atoms with E-state index < -0.39 is 0 Å². The molecule has 2 fully saturated rings. The Morgan fingerprint density at radius 3 is 2.90 bits per heavy atom. The molecule has 0 bridgehead atoms. The second-order valence-electron chi connectivity index (χ2n) is 7.75. The summed E-state index contributed by atoms with van der Waals surface area (Å²) in [5.41, 5.74) is 2.91. The van der Waals surface area contributed by atoms with Gasteiger partial charge in [-0.3, -0.25) is 4.79 Å². The molecule has 0 unspecified atom stereocenters.